The van der Waals surface area contributed by atoms with E-state index in [0.29, 0.717) is 43.4 Å². The summed E-state index contributed by atoms with van der Waals surface area (Å²) in [6.45, 7) is 1.77. The zero-order valence-corrected chi connectivity index (χ0v) is 17.2. The highest BCUT2D eigenvalue weighted by molar-refractivity contribution is 7.89. The minimum absolute atomic E-state index is 0.229. The number of carbonyl (C=O) groups excluding carboxylic acids is 1. The monoisotopic (exact) mass is 420 g/mol. The first kappa shape index (κ1) is 21.1. The summed E-state index contributed by atoms with van der Waals surface area (Å²) in [4.78, 5) is 12.7. The third-order valence-corrected chi connectivity index (χ3v) is 6.51. The van der Waals surface area contributed by atoms with Crippen LogP contribution in [0.5, 0.6) is 11.5 Å². The van der Waals surface area contributed by atoms with Gasteiger partial charge in [-0.05, 0) is 29.8 Å². The van der Waals surface area contributed by atoms with Crippen molar-refractivity contribution >= 4 is 15.9 Å². The van der Waals surface area contributed by atoms with Gasteiger partial charge in [-0.15, -0.1) is 0 Å². The molecule has 0 atom stereocenters. The maximum absolute atomic E-state index is 12.6. The van der Waals surface area contributed by atoms with E-state index in [2.05, 4.69) is 5.32 Å². The number of benzene rings is 2. The average Bonchev–Trinajstić information content (AvgIpc) is 2.77. The number of methoxy groups -OCH3 is 2. The molecule has 1 N–H and O–H groups in total. The van der Waals surface area contributed by atoms with E-state index in [1.165, 1.54) is 18.5 Å². The summed E-state index contributed by atoms with van der Waals surface area (Å²) >= 11 is 0. The first-order valence-electron chi connectivity index (χ1n) is 9.12. The number of ether oxygens (including phenoxy) is 3. The van der Waals surface area contributed by atoms with Crippen LogP contribution in [0.4, 0.5) is 0 Å². The molecule has 156 valence electrons. The van der Waals surface area contributed by atoms with E-state index >= 15 is 0 Å². The SMILES string of the molecule is COc1cc(OC)cc(C(=O)NCc2ccc(S(=O)(=O)N3CCOCC3)cc2)c1. The summed E-state index contributed by atoms with van der Waals surface area (Å²) in [7, 11) is -0.497. The number of rotatable bonds is 7. The Kier molecular flexibility index (Phi) is 6.73. The van der Waals surface area contributed by atoms with Gasteiger partial charge in [-0.1, -0.05) is 12.1 Å². The van der Waals surface area contributed by atoms with Crippen LogP contribution < -0.4 is 14.8 Å². The van der Waals surface area contributed by atoms with Crippen LogP contribution in [0, 0.1) is 0 Å². The molecular weight excluding hydrogens is 396 g/mol. The third kappa shape index (κ3) is 5.06. The fourth-order valence-electron chi connectivity index (χ4n) is 2.94. The lowest BCUT2D eigenvalue weighted by Crippen LogP contribution is -2.40. The molecule has 9 heteroatoms. The van der Waals surface area contributed by atoms with Gasteiger partial charge in [0.25, 0.3) is 5.91 Å². The number of nitrogens with one attached hydrogen (secondary N) is 1. The maximum Gasteiger partial charge on any atom is 0.251 e. The quantitative estimate of drug-likeness (QED) is 0.732. The van der Waals surface area contributed by atoms with Crippen molar-refractivity contribution in [2.45, 2.75) is 11.4 Å². The molecule has 1 amide bonds. The number of hydrogen-bond acceptors (Lipinski definition) is 6. The van der Waals surface area contributed by atoms with E-state index in [0.717, 1.165) is 5.56 Å². The van der Waals surface area contributed by atoms with Crippen molar-refractivity contribution < 1.29 is 27.4 Å². The molecule has 1 heterocycles. The Labute approximate surface area is 170 Å². The Morgan fingerprint density at radius 1 is 1.03 bits per heavy atom. The van der Waals surface area contributed by atoms with Crippen LogP contribution in [-0.2, 0) is 21.3 Å². The van der Waals surface area contributed by atoms with Gasteiger partial charge in [0.05, 0.1) is 32.3 Å². The number of sulfonamides is 1. The van der Waals surface area contributed by atoms with Crippen molar-refractivity contribution in [2.75, 3.05) is 40.5 Å². The summed E-state index contributed by atoms with van der Waals surface area (Å²) in [5, 5.41) is 2.81. The van der Waals surface area contributed by atoms with E-state index in [4.69, 9.17) is 14.2 Å². The standard InChI is InChI=1S/C20H24N2O6S/c1-26-17-11-16(12-18(13-17)27-2)20(23)21-14-15-3-5-19(6-4-15)29(24,25)22-7-9-28-10-8-22/h3-6,11-13H,7-10,14H2,1-2H3,(H,21,23). The minimum atomic E-state index is -3.53. The van der Waals surface area contributed by atoms with Crippen molar-refractivity contribution in [3.63, 3.8) is 0 Å². The van der Waals surface area contributed by atoms with Gasteiger partial charge in [0.15, 0.2) is 0 Å². The molecule has 0 unspecified atom stereocenters. The maximum atomic E-state index is 12.6. The van der Waals surface area contributed by atoms with Crippen LogP contribution >= 0.6 is 0 Å². The highest BCUT2D eigenvalue weighted by Crippen LogP contribution is 2.22. The van der Waals surface area contributed by atoms with E-state index < -0.39 is 10.0 Å². The van der Waals surface area contributed by atoms with Crippen molar-refractivity contribution in [3.05, 3.63) is 53.6 Å². The molecule has 0 bridgehead atoms. The number of nitrogens with zero attached hydrogens (tertiary/aromatic N) is 1. The highest BCUT2D eigenvalue weighted by atomic mass is 32.2. The molecule has 2 aromatic rings. The first-order valence-corrected chi connectivity index (χ1v) is 10.6. The Balaban J connectivity index is 1.65. The molecule has 0 saturated carbocycles. The summed E-state index contributed by atoms with van der Waals surface area (Å²) in [6.07, 6.45) is 0. The van der Waals surface area contributed by atoms with Crippen LogP contribution in [0.15, 0.2) is 47.4 Å². The number of morpholine rings is 1. The second-order valence-corrected chi connectivity index (χ2v) is 8.38. The van der Waals surface area contributed by atoms with Gasteiger partial charge in [0.2, 0.25) is 10.0 Å². The molecule has 0 aromatic heterocycles. The summed E-state index contributed by atoms with van der Waals surface area (Å²) in [6, 6.07) is 11.4. The van der Waals surface area contributed by atoms with E-state index in [-0.39, 0.29) is 17.3 Å². The van der Waals surface area contributed by atoms with E-state index in [9.17, 15) is 13.2 Å². The fourth-order valence-corrected chi connectivity index (χ4v) is 4.35. The summed E-state index contributed by atoms with van der Waals surface area (Å²) in [5.74, 6) is 0.756. The third-order valence-electron chi connectivity index (χ3n) is 4.60. The van der Waals surface area contributed by atoms with E-state index in [1.54, 1.807) is 42.5 Å². The Morgan fingerprint density at radius 2 is 1.62 bits per heavy atom. The van der Waals surface area contributed by atoms with Crippen molar-refractivity contribution in [1.82, 2.24) is 9.62 Å². The molecule has 1 aliphatic rings. The largest absolute Gasteiger partial charge is 0.497 e. The smallest absolute Gasteiger partial charge is 0.251 e. The Hall–Kier alpha value is -2.62. The van der Waals surface area contributed by atoms with Crippen LogP contribution in [0.3, 0.4) is 0 Å². The predicted octanol–water partition coefficient (Wildman–Crippen LogP) is 1.65. The van der Waals surface area contributed by atoms with Crippen LogP contribution in [0.1, 0.15) is 15.9 Å². The Morgan fingerprint density at radius 3 is 2.17 bits per heavy atom. The number of amides is 1. The molecule has 0 spiro atoms. The predicted molar refractivity (Wildman–Crippen MR) is 107 cm³/mol. The second-order valence-electron chi connectivity index (χ2n) is 6.44. The number of carbonyl (C=O) groups is 1. The van der Waals surface area contributed by atoms with Gasteiger partial charge in [-0.25, -0.2) is 8.42 Å². The molecule has 0 aliphatic carbocycles. The molecule has 0 radical (unpaired) electrons. The lowest BCUT2D eigenvalue weighted by atomic mass is 10.1. The average molecular weight is 420 g/mol. The molecule has 8 nitrogen and oxygen atoms in total. The topological polar surface area (TPSA) is 94.2 Å². The molecule has 2 aromatic carbocycles. The Bertz CT molecular complexity index is 931. The normalized spacial score (nSPS) is 15.0. The lowest BCUT2D eigenvalue weighted by Gasteiger charge is -2.26. The van der Waals surface area contributed by atoms with Crippen molar-refractivity contribution in [2.24, 2.45) is 0 Å². The van der Waals surface area contributed by atoms with Crippen LogP contribution in [0.25, 0.3) is 0 Å². The lowest BCUT2D eigenvalue weighted by molar-refractivity contribution is 0.0730. The van der Waals surface area contributed by atoms with Crippen molar-refractivity contribution in [3.8, 4) is 11.5 Å². The van der Waals surface area contributed by atoms with Crippen LogP contribution in [0.2, 0.25) is 0 Å². The van der Waals surface area contributed by atoms with Gasteiger partial charge in [0.1, 0.15) is 11.5 Å². The van der Waals surface area contributed by atoms with Gasteiger partial charge < -0.3 is 19.5 Å². The molecular formula is C20H24N2O6S. The first-order chi connectivity index (χ1) is 13.9. The van der Waals surface area contributed by atoms with Crippen LogP contribution in [-0.4, -0.2) is 59.2 Å². The molecule has 1 saturated heterocycles. The molecule has 1 aliphatic heterocycles. The second kappa shape index (κ2) is 9.25. The minimum Gasteiger partial charge on any atom is -0.497 e. The van der Waals surface area contributed by atoms with E-state index in [1.807, 2.05) is 0 Å². The summed E-state index contributed by atoms with van der Waals surface area (Å²) in [5.41, 5.74) is 1.20. The highest BCUT2D eigenvalue weighted by Gasteiger charge is 2.26. The van der Waals surface area contributed by atoms with Gasteiger partial charge in [0, 0.05) is 31.3 Å². The zero-order chi connectivity index (χ0) is 20.9. The number of hydrogen-bond donors (Lipinski definition) is 1. The molecule has 1 fully saturated rings. The zero-order valence-electron chi connectivity index (χ0n) is 16.4. The van der Waals surface area contributed by atoms with Crippen molar-refractivity contribution in [1.29, 1.82) is 0 Å². The van der Waals surface area contributed by atoms with Gasteiger partial charge in [-0.2, -0.15) is 4.31 Å². The summed E-state index contributed by atoms with van der Waals surface area (Å²) < 4.78 is 42.3. The molecule has 3 rings (SSSR count). The van der Waals surface area contributed by atoms with Gasteiger partial charge in [-0.3, -0.25) is 4.79 Å². The van der Waals surface area contributed by atoms with Gasteiger partial charge >= 0.3 is 0 Å². The molecule has 29 heavy (non-hydrogen) atoms. The fraction of sp³-hybridized carbons (Fsp3) is 0.350.